The summed E-state index contributed by atoms with van der Waals surface area (Å²) in [5.41, 5.74) is 2.05. The second-order valence-corrected chi connectivity index (χ2v) is 6.18. The maximum atomic E-state index is 12.4. The Kier molecular flexibility index (Phi) is 6.57. The highest BCUT2D eigenvalue weighted by Crippen LogP contribution is 2.18. The lowest BCUT2D eigenvalue weighted by Crippen LogP contribution is -2.23. The van der Waals surface area contributed by atoms with Gasteiger partial charge in [-0.2, -0.15) is 0 Å². The molecule has 144 valence electrons. The zero-order valence-electron chi connectivity index (χ0n) is 16.1. The highest BCUT2D eigenvalue weighted by atomic mass is 16.5. The molecule has 0 aliphatic heterocycles. The van der Waals surface area contributed by atoms with E-state index in [0.717, 1.165) is 30.2 Å². The molecule has 0 fully saturated rings. The number of benzene rings is 2. The van der Waals surface area contributed by atoms with Gasteiger partial charge in [0.15, 0.2) is 0 Å². The molecule has 3 rings (SSSR count). The van der Waals surface area contributed by atoms with Crippen molar-refractivity contribution in [3.05, 3.63) is 78.2 Å². The van der Waals surface area contributed by atoms with Gasteiger partial charge >= 0.3 is 0 Å². The van der Waals surface area contributed by atoms with Crippen molar-refractivity contribution in [2.75, 3.05) is 23.3 Å². The first-order valence-electron chi connectivity index (χ1n) is 9.34. The Labute approximate surface area is 165 Å². The summed E-state index contributed by atoms with van der Waals surface area (Å²) < 4.78 is 5.75. The molecule has 0 saturated heterocycles. The van der Waals surface area contributed by atoms with E-state index in [1.807, 2.05) is 42.5 Å². The molecule has 1 N–H and O–H groups in total. The highest BCUT2D eigenvalue weighted by Gasteiger charge is 2.10. The zero-order valence-corrected chi connectivity index (χ0v) is 16.1. The van der Waals surface area contributed by atoms with Gasteiger partial charge in [-0.05, 0) is 43.7 Å². The molecule has 0 unspecified atom stereocenters. The maximum Gasteiger partial charge on any atom is 0.275 e. The second-order valence-electron chi connectivity index (χ2n) is 6.18. The Morgan fingerprint density at radius 2 is 1.68 bits per heavy atom. The minimum atomic E-state index is -0.295. The first kappa shape index (κ1) is 19.4. The number of hydrogen-bond acceptors (Lipinski definition) is 5. The van der Waals surface area contributed by atoms with E-state index in [1.54, 1.807) is 18.3 Å². The lowest BCUT2D eigenvalue weighted by molar-refractivity contribution is 0.102. The van der Waals surface area contributed by atoms with E-state index in [2.05, 4.69) is 34.0 Å². The lowest BCUT2D eigenvalue weighted by Gasteiger charge is -2.18. The van der Waals surface area contributed by atoms with Crippen LogP contribution in [-0.4, -0.2) is 29.0 Å². The van der Waals surface area contributed by atoms with Crippen LogP contribution < -0.4 is 15.0 Å². The van der Waals surface area contributed by atoms with Gasteiger partial charge in [0, 0.05) is 18.8 Å². The third-order valence-electron chi connectivity index (χ3n) is 4.32. The number of amides is 1. The van der Waals surface area contributed by atoms with Crippen LogP contribution in [0.2, 0.25) is 0 Å². The van der Waals surface area contributed by atoms with Gasteiger partial charge in [-0.15, -0.1) is 0 Å². The second kappa shape index (κ2) is 9.50. The summed E-state index contributed by atoms with van der Waals surface area (Å²) in [5.74, 6) is 1.21. The van der Waals surface area contributed by atoms with E-state index in [-0.39, 0.29) is 11.6 Å². The van der Waals surface area contributed by atoms with Crippen LogP contribution in [0.4, 0.5) is 11.5 Å². The van der Waals surface area contributed by atoms with Gasteiger partial charge in [0.2, 0.25) is 0 Å². The number of carbonyl (C=O) groups excluding carboxylic acids is 1. The molecule has 0 bridgehead atoms. The predicted octanol–water partition coefficient (Wildman–Crippen LogP) is 4.15. The number of carbonyl (C=O) groups is 1. The molecule has 1 aromatic heterocycles. The summed E-state index contributed by atoms with van der Waals surface area (Å²) in [6, 6.07) is 17.2. The Morgan fingerprint density at radius 3 is 2.29 bits per heavy atom. The van der Waals surface area contributed by atoms with Crippen molar-refractivity contribution < 1.29 is 9.53 Å². The molecule has 6 nitrogen and oxygen atoms in total. The smallest absolute Gasteiger partial charge is 0.275 e. The van der Waals surface area contributed by atoms with Gasteiger partial charge in [0.05, 0.1) is 12.4 Å². The molecule has 0 atom stereocenters. The van der Waals surface area contributed by atoms with Gasteiger partial charge in [0.25, 0.3) is 5.91 Å². The number of anilines is 2. The lowest BCUT2D eigenvalue weighted by atomic mass is 10.2. The molecule has 0 aliphatic carbocycles. The molecule has 0 aliphatic rings. The van der Waals surface area contributed by atoms with Crippen LogP contribution in [0, 0.1) is 0 Å². The third-order valence-corrected chi connectivity index (χ3v) is 4.32. The number of rotatable bonds is 8. The van der Waals surface area contributed by atoms with Crippen molar-refractivity contribution in [2.45, 2.75) is 20.5 Å². The minimum Gasteiger partial charge on any atom is -0.489 e. The van der Waals surface area contributed by atoms with E-state index < -0.39 is 0 Å². The molecule has 0 spiro atoms. The molecule has 28 heavy (non-hydrogen) atoms. The summed E-state index contributed by atoms with van der Waals surface area (Å²) >= 11 is 0. The number of aromatic nitrogens is 2. The average molecular weight is 376 g/mol. The largest absolute Gasteiger partial charge is 0.489 e. The first-order valence-corrected chi connectivity index (χ1v) is 9.34. The van der Waals surface area contributed by atoms with Gasteiger partial charge in [-0.3, -0.25) is 4.79 Å². The summed E-state index contributed by atoms with van der Waals surface area (Å²) in [7, 11) is 0. The Balaban J connectivity index is 1.56. The molecule has 1 amide bonds. The van der Waals surface area contributed by atoms with Crippen LogP contribution in [0.3, 0.4) is 0 Å². The Hall–Kier alpha value is -3.41. The van der Waals surface area contributed by atoms with E-state index in [9.17, 15) is 4.79 Å². The summed E-state index contributed by atoms with van der Waals surface area (Å²) in [4.78, 5) is 23.0. The summed E-state index contributed by atoms with van der Waals surface area (Å²) in [6.07, 6.45) is 3.13. The minimum absolute atomic E-state index is 0.278. The normalized spacial score (nSPS) is 10.4. The third kappa shape index (κ3) is 5.07. The predicted molar refractivity (Wildman–Crippen MR) is 111 cm³/mol. The Morgan fingerprint density at radius 1 is 0.964 bits per heavy atom. The number of nitrogens with zero attached hydrogens (tertiary/aromatic N) is 3. The Bertz CT molecular complexity index is 877. The number of nitrogens with one attached hydrogen (secondary N) is 1. The fraction of sp³-hybridized carbons (Fsp3) is 0.227. The van der Waals surface area contributed by atoms with Crippen LogP contribution in [0.25, 0.3) is 0 Å². The quantitative estimate of drug-likeness (QED) is 0.640. The van der Waals surface area contributed by atoms with Gasteiger partial charge in [-0.1, -0.05) is 30.3 Å². The van der Waals surface area contributed by atoms with Crippen LogP contribution in [0.1, 0.15) is 29.9 Å². The molecule has 3 aromatic rings. The van der Waals surface area contributed by atoms with E-state index in [1.165, 1.54) is 6.20 Å². The van der Waals surface area contributed by atoms with Crippen molar-refractivity contribution >= 4 is 17.4 Å². The van der Waals surface area contributed by atoms with E-state index in [4.69, 9.17) is 4.74 Å². The summed E-state index contributed by atoms with van der Waals surface area (Å²) in [6.45, 7) is 6.30. The van der Waals surface area contributed by atoms with E-state index in [0.29, 0.717) is 12.3 Å². The fourth-order valence-electron chi connectivity index (χ4n) is 2.72. The number of ether oxygens (including phenoxy) is 1. The SMILES string of the molecule is CCN(CC)c1cnc(C(=O)Nc2ccc(OCc3ccccc3)cc2)cn1. The van der Waals surface area contributed by atoms with E-state index >= 15 is 0 Å². The van der Waals surface area contributed by atoms with Crippen molar-refractivity contribution in [1.29, 1.82) is 0 Å². The zero-order chi connectivity index (χ0) is 19.8. The van der Waals surface area contributed by atoms with Crippen molar-refractivity contribution in [3.63, 3.8) is 0 Å². The van der Waals surface area contributed by atoms with Crippen molar-refractivity contribution in [2.24, 2.45) is 0 Å². The molecule has 2 aromatic carbocycles. The first-order chi connectivity index (χ1) is 13.7. The van der Waals surface area contributed by atoms with Gasteiger partial charge < -0.3 is 15.0 Å². The van der Waals surface area contributed by atoms with Crippen molar-refractivity contribution in [1.82, 2.24) is 9.97 Å². The molecule has 0 saturated carbocycles. The monoisotopic (exact) mass is 376 g/mol. The fourth-order valence-corrected chi connectivity index (χ4v) is 2.72. The van der Waals surface area contributed by atoms with Crippen LogP contribution >= 0.6 is 0 Å². The molecular weight excluding hydrogens is 352 g/mol. The number of hydrogen-bond donors (Lipinski definition) is 1. The van der Waals surface area contributed by atoms with Crippen molar-refractivity contribution in [3.8, 4) is 5.75 Å². The van der Waals surface area contributed by atoms with Crippen LogP contribution in [-0.2, 0) is 6.61 Å². The summed E-state index contributed by atoms with van der Waals surface area (Å²) in [5, 5.41) is 2.83. The van der Waals surface area contributed by atoms with Gasteiger partial charge in [-0.25, -0.2) is 9.97 Å². The molecule has 1 heterocycles. The highest BCUT2D eigenvalue weighted by molar-refractivity contribution is 6.02. The molecular formula is C22H24N4O2. The molecule has 6 heteroatoms. The maximum absolute atomic E-state index is 12.4. The topological polar surface area (TPSA) is 67.4 Å². The van der Waals surface area contributed by atoms with Crippen LogP contribution in [0.5, 0.6) is 5.75 Å². The van der Waals surface area contributed by atoms with Crippen LogP contribution in [0.15, 0.2) is 67.0 Å². The standard InChI is InChI=1S/C22H24N4O2/c1-3-26(4-2)21-15-23-20(14-24-21)22(27)25-18-10-12-19(13-11-18)28-16-17-8-6-5-7-9-17/h5-15H,3-4,16H2,1-2H3,(H,25,27). The molecule has 0 radical (unpaired) electrons. The average Bonchev–Trinajstić information content (AvgIpc) is 2.75. The van der Waals surface area contributed by atoms with Gasteiger partial charge in [0.1, 0.15) is 23.9 Å².